The number of aryl methyl sites for hydroxylation is 1. The predicted molar refractivity (Wildman–Crippen MR) is 84.0 cm³/mol. The number of piperidine rings is 1. The first-order valence-corrected chi connectivity index (χ1v) is 7.52. The molecule has 0 aromatic heterocycles. The van der Waals surface area contributed by atoms with Gasteiger partial charge in [0.05, 0.1) is 0 Å². The largest absolute Gasteiger partial charge is 0.385 e. The van der Waals surface area contributed by atoms with Gasteiger partial charge in [-0.25, -0.2) is 0 Å². The van der Waals surface area contributed by atoms with Crippen molar-refractivity contribution in [3.05, 3.63) is 29.3 Å². The molecule has 1 aliphatic rings. The third-order valence-corrected chi connectivity index (χ3v) is 4.07. The molecule has 19 heavy (non-hydrogen) atoms. The third-order valence-electron chi connectivity index (χ3n) is 4.07. The highest BCUT2D eigenvalue weighted by atomic mass is 14.9. The zero-order valence-corrected chi connectivity index (χ0v) is 12.8. The molecule has 0 spiro atoms. The van der Waals surface area contributed by atoms with Gasteiger partial charge >= 0.3 is 0 Å². The van der Waals surface area contributed by atoms with E-state index in [9.17, 15) is 0 Å². The molecule has 0 saturated carbocycles. The number of rotatable bonds is 3. The van der Waals surface area contributed by atoms with Crippen LogP contribution >= 0.6 is 0 Å². The standard InChI is InChI=1S/C17H28N2/c1-13-10-15(17(2,3)4)7-8-16(13)19-12-14-6-5-9-18-11-14/h7-8,10,14,18-19H,5-6,9,11-12H2,1-4H3. The van der Waals surface area contributed by atoms with Gasteiger partial charge in [0.15, 0.2) is 0 Å². The summed E-state index contributed by atoms with van der Waals surface area (Å²) in [5.41, 5.74) is 4.29. The second kappa shape index (κ2) is 5.96. The molecule has 1 aliphatic heterocycles. The molecule has 1 aromatic carbocycles. The van der Waals surface area contributed by atoms with Crippen molar-refractivity contribution in [1.82, 2.24) is 5.32 Å². The van der Waals surface area contributed by atoms with Crippen LogP contribution in [0.4, 0.5) is 5.69 Å². The van der Waals surface area contributed by atoms with E-state index in [1.54, 1.807) is 0 Å². The van der Waals surface area contributed by atoms with Gasteiger partial charge in [-0.1, -0.05) is 32.9 Å². The summed E-state index contributed by atoms with van der Waals surface area (Å²) in [6.07, 6.45) is 2.66. The summed E-state index contributed by atoms with van der Waals surface area (Å²) in [5, 5.41) is 7.10. The van der Waals surface area contributed by atoms with E-state index >= 15 is 0 Å². The van der Waals surface area contributed by atoms with Gasteiger partial charge in [-0.05, 0) is 61.4 Å². The Morgan fingerprint density at radius 2 is 2.11 bits per heavy atom. The molecule has 1 unspecified atom stereocenters. The molecule has 1 fully saturated rings. The summed E-state index contributed by atoms with van der Waals surface area (Å²) < 4.78 is 0. The molecular formula is C17H28N2. The molecule has 1 atom stereocenters. The SMILES string of the molecule is Cc1cc(C(C)(C)C)ccc1NCC1CCCNC1. The average molecular weight is 260 g/mol. The smallest absolute Gasteiger partial charge is 0.0370 e. The maximum absolute atomic E-state index is 3.62. The molecule has 1 aromatic rings. The summed E-state index contributed by atoms with van der Waals surface area (Å²) in [6.45, 7) is 12.4. The van der Waals surface area contributed by atoms with Crippen molar-refractivity contribution >= 4 is 5.69 Å². The Morgan fingerprint density at radius 3 is 2.68 bits per heavy atom. The maximum atomic E-state index is 3.62. The summed E-state index contributed by atoms with van der Waals surface area (Å²) in [6, 6.07) is 6.82. The molecule has 2 nitrogen and oxygen atoms in total. The van der Waals surface area contributed by atoms with Crippen LogP contribution in [0.1, 0.15) is 44.7 Å². The van der Waals surface area contributed by atoms with Crippen LogP contribution in [0.15, 0.2) is 18.2 Å². The third kappa shape index (κ3) is 3.97. The van der Waals surface area contributed by atoms with Crippen LogP contribution in [-0.4, -0.2) is 19.6 Å². The summed E-state index contributed by atoms with van der Waals surface area (Å²) >= 11 is 0. The van der Waals surface area contributed by atoms with Gasteiger partial charge < -0.3 is 10.6 Å². The second-order valence-corrected chi connectivity index (χ2v) is 6.87. The van der Waals surface area contributed by atoms with Crippen LogP contribution in [0.2, 0.25) is 0 Å². The predicted octanol–water partition coefficient (Wildman–Crippen LogP) is 3.70. The molecule has 0 bridgehead atoms. The lowest BCUT2D eigenvalue weighted by molar-refractivity contribution is 0.393. The molecule has 106 valence electrons. The van der Waals surface area contributed by atoms with Crippen molar-refractivity contribution in [2.75, 3.05) is 25.0 Å². The van der Waals surface area contributed by atoms with Crippen LogP contribution in [0.25, 0.3) is 0 Å². The quantitative estimate of drug-likeness (QED) is 0.866. The number of anilines is 1. The highest BCUT2D eigenvalue weighted by Gasteiger charge is 2.15. The minimum Gasteiger partial charge on any atom is -0.385 e. The van der Waals surface area contributed by atoms with Crippen LogP contribution in [0.5, 0.6) is 0 Å². The van der Waals surface area contributed by atoms with E-state index in [0.29, 0.717) is 0 Å². The minimum atomic E-state index is 0.233. The fraction of sp³-hybridized carbons (Fsp3) is 0.647. The molecular weight excluding hydrogens is 232 g/mol. The first kappa shape index (κ1) is 14.4. The Kier molecular flexibility index (Phi) is 4.51. The van der Waals surface area contributed by atoms with Gasteiger partial charge in [0.1, 0.15) is 0 Å². The van der Waals surface area contributed by atoms with Crippen LogP contribution in [0, 0.1) is 12.8 Å². The fourth-order valence-corrected chi connectivity index (χ4v) is 2.68. The van der Waals surface area contributed by atoms with E-state index in [1.807, 2.05) is 0 Å². The molecule has 1 saturated heterocycles. The number of hydrogen-bond acceptors (Lipinski definition) is 2. The van der Waals surface area contributed by atoms with Crippen molar-refractivity contribution in [2.24, 2.45) is 5.92 Å². The molecule has 0 aliphatic carbocycles. The maximum Gasteiger partial charge on any atom is 0.0370 e. The summed E-state index contributed by atoms with van der Waals surface area (Å²) in [4.78, 5) is 0. The van der Waals surface area contributed by atoms with Crippen molar-refractivity contribution in [3.8, 4) is 0 Å². The van der Waals surface area contributed by atoms with E-state index in [-0.39, 0.29) is 5.41 Å². The molecule has 1 heterocycles. The van der Waals surface area contributed by atoms with Gasteiger partial charge in [-0.3, -0.25) is 0 Å². The van der Waals surface area contributed by atoms with E-state index in [2.05, 4.69) is 56.5 Å². The van der Waals surface area contributed by atoms with Gasteiger partial charge in [0, 0.05) is 12.2 Å². The van der Waals surface area contributed by atoms with E-state index in [1.165, 1.54) is 36.2 Å². The zero-order valence-electron chi connectivity index (χ0n) is 12.8. The van der Waals surface area contributed by atoms with Crippen LogP contribution in [-0.2, 0) is 5.41 Å². The van der Waals surface area contributed by atoms with Gasteiger partial charge in [-0.2, -0.15) is 0 Å². The molecule has 0 radical (unpaired) electrons. The summed E-state index contributed by atoms with van der Waals surface area (Å²) in [7, 11) is 0. The highest BCUT2D eigenvalue weighted by Crippen LogP contribution is 2.26. The lowest BCUT2D eigenvalue weighted by Gasteiger charge is -2.25. The van der Waals surface area contributed by atoms with Crippen LogP contribution in [0.3, 0.4) is 0 Å². The lowest BCUT2D eigenvalue weighted by atomic mass is 9.86. The van der Waals surface area contributed by atoms with Gasteiger partial charge in [0.25, 0.3) is 0 Å². The molecule has 2 rings (SSSR count). The monoisotopic (exact) mass is 260 g/mol. The lowest BCUT2D eigenvalue weighted by Crippen LogP contribution is -2.33. The Hall–Kier alpha value is -1.02. The van der Waals surface area contributed by atoms with Crippen molar-refractivity contribution in [2.45, 2.75) is 46.0 Å². The Labute approximate surface area is 118 Å². The first-order valence-electron chi connectivity index (χ1n) is 7.52. The van der Waals surface area contributed by atoms with Crippen LogP contribution < -0.4 is 10.6 Å². The Morgan fingerprint density at radius 1 is 1.32 bits per heavy atom. The number of nitrogens with one attached hydrogen (secondary N) is 2. The molecule has 2 heteroatoms. The topological polar surface area (TPSA) is 24.1 Å². The average Bonchev–Trinajstić information content (AvgIpc) is 2.37. The normalized spacial score (nSPS) is 20.3. The van der Waals surface area contributed by atoms with E-state index in [4.69, 9.17) is 0 Å². The summed E-state index contributed by atoms with van der Waals surface area (Å²) in [5.74, 6) is 0.774. The number of benzene rings is 1. The van der Waals surface area contributed by atoms with E-state index < -0.39 is 0 Å². The van der Waals surface area contributed by atoms with E-state index in [0.717, 1.165) is 19.0 Å². The molecule has 2 N–H and O–H groups in total. The number of hydrogen-bond donors (Lipinski definition) is 2. The first-order chi connectivity index (χ1) is 8.97. The highest BCUT2D eigenvalue weighted by molar-refractivity contribution is 5.53. The Bertz CT molecular complexity index is 412. The van der Waals surface area contributed by atoms with Gasteiger partial charge in [-0.15, -0.1) is 0 Å². The second-order valence-electron chi connectivity index (χ2n) is 6.87. The van der Waals surface area contributed by atoms with Crippen molar-refractivity contribution in [3.63, 3.8) is 0 Å². The Balaban J connectivity index is 1.97. The zero-order chi connectivity index (χ0) is 13.9. The van der Waals surface area contributed by atoms with Crippen molar-refractivity contribution in [1.29, 1.82) is 0 Å². The molecule has 0 amide bonds. The van der Waals surface area contributed by atoms with Gasteiger partial charge in [0.2, 0.25) is 0 Å². The fourth-order valence-electron chi connectivity index (χ4n) is 2.68. The minimum absolute atomic E-state index is 0.233. The van der Waals surface area contributed by atoms with Crippen molar-refractivity contribution < 1.29 is 0 Å².